The van der Waals surface area contributed by atoms with Crippen molar-refractivity contribution in [3.63, 3.8) is 0 Å². The molecule has 3 aromatic rings. The summed E-state index contributed by atoms with van der Waals surface area (Å²) in [6.45, 7) is 0.950. The van der Waals surface area contributed by atoms with E-state index < -0.39 is 6.04 Å². The van der Waals surface area contributed by atoms with Gasteiger partial charge in [0.25, 0.3) is 5.91 Å². The molecule has 2 amide bonds. The highest BCUT2D eigenvalue weighted by atomic mass is 16.5. The molecule has 0 aliphatic carbocycles. The molecule has 1 atom stereocenters. The molecule has 0 radical (unpaired) electrons. The van der Waals surface area contributed by atoms with E-state index in [0.717, 1.165) is 17.0 Å². The van der Waals surface area contributed by atoms with Crippen LogP contribution in [-0.4, -0.2) is 45.2 Å². The fraction of sp³-hybridized carbons (Fsp3) is 0.231. The van der Waals surface area contributed by atoms with Gasteiger partial charge in [-0.05, 0) is 48.0 Å². The van der Waals surface area contributed by atoms with E-state index in [1.165, 1.54) is 0 Å². The van der Waals surface area contributed by atoms with Crippen molar-refractivity contribution in [2.45, 2.75) is 12.5 Å². The summed E-state index contributed by atoms with van der Waals surface area (Å²) in [6.07, 6.45) is 0.383. The van der Waals surface area contributed by atoms with Gasteiger partial charge in [-0.2, -0.15) is 0 Å². The number of nitrogens with one attached hydrogen (secondary N) is 3. The lowest BCUT2D eigenvalue weighted by atomic mass is 10.0. The van der Waals surface area contributed by atoms with Gasteiger partial charge < -0.3 is 25.4 Å². The number of benzene rings is 3. The minimum Gasteiger partial charge on any atom is -0.497 e. The molecular formula is C26H29N3O4. The molecule has 0 bridgehead atoms. The molecule has 0 spiro atoms. The summed E-state index contributed by atoms with van der Waals surface area (Å²) in [5, 5.41) is 9.02. The summed E-state index contributed by atoms with van der Waals surface area (Å²) in [5.41, 5.74) is 2.32. The van der Waals surface area contributed by atoms with Gasteiger partial charge in [0.05, 0.1) is 14.2 Å². The smallest absolute Gasteiger partial charge is 0.252 e. The second-order valence-corrected chi connectivity index (χ2v) is 7.39. The number of hydrogen-bond acceptors (Lipinski definition) is 5. The van der Waals surface area contributed by atoms with Gasteiger partial charge in [-0.3, -0.25) is 9.59 Å². The van der Waals surface area contributed by atoms with Crippen molar-refractivity contribution in [1.82, 2.24) is 10.6 Å². The van der Waals surface area contributed by atoms with Crippen LogP contribution in [0.4, 0.5) is 5.69 Å². The first kappa shape index (κ1) is 23.7. The van der Waals surface area contributed by atoms with Crippen molar-refractivity contribution >= 4 is 17.5 Å². The van der Waals surface area contributed by atoms with Crippen LogP contribution in [0.2, 0.25) is 0 Å². The zero-order valence-electron chi connectivity index (χ0n) is 18.8. The average Bonchev–Trinajstić information content (AvgIpc) is 2.87. The number of hydrogen-bond donors (Lipinski definition) is 3. The molecule has 1 unspecified atom stereocenters. The third-order valence-corrected chi connectivity index (χ3v) is 5.08. The number of anilines is 1. The standard InChI is InChI=1S/C26H29N3O4/c1-32-22-13-11-21(12-14-22)27-15-16-28-26(31)24(17-19-7-4-3-5-8-19)29-25(30)20-9-6-10-23(18-20)33-2/h3-14,18,24,27H,15-17H2,1-2H3,(H,28,31)(H,29,30). The Hall–Kier alpha value is -4.00. The Balaban J connectivity index is 1.59. The SMILES string of the molecule is COc1ccc(NCCNC(=O)C(Cc2ccccc2)NC(=O)c2cccc(OC)c2)cc1. The molecule has 33 heavy (non-hydrogen) atoms. The van der Waals surface area contributed by atoms with Crippen LogP contribution < -0.4 is 25.4 Å². The molecule has 0 fully saturated rings. The lowest BCUT2D eigenvalue weighted by molar-refractivity contribution is -0.122. The normalized spacial score (nSPS) is 11.2. The van der Waals surface area contributed by atoms with Gasteiger partial charge in [0.2, 0.25) is 5.91 Å². The van der Waals surface area contributed by atoms with E-state index in [-0.39, 0.29) is 11.8 Å². The number of rotatable bonds is 11. The summed E-state index contributed by atoms with van der Waals surface area (Å²) in [5.74, 6) is 0.786. The Morgan fingerprint density at radius 3 is 2.24 bits per heavy atom. The zero-order valence-corrected chi connectivity index (χ0v) is 18.8. The minimum atomic E-state index is -0.716. The number of methoxy groups -OCH3 is 2. The molecule has 0 aromatic heterocycles. The molecule has 0 saturated heterocycles. The van der Waals surface area contributed by atoms with Crippen LogP contribution in [0.5, 0.6) is 11.5 Å². The molecule has 0 heterocycles. The molecule has 0 saturated carbocycles. The van der Waals surface area contributed by atoms with E-state index >= 15 is 0 Å². The highest BCUT2D eigenvalue weighted by molar-refractivity contribution is 5.97. The Morgan fingerprint density at radius 1 is 0.818 bits per heavy atom. The van der Waals surface area contributed by atoms with Crippen LogP contribution >= 0.6 is 0 Å². The summed E-state index contributed by atoms with van der Waals surface area (Å²) < 4.78 is 10.3. The predicted molar refractivity (Wildman–Crippen MR) is 129 cm³/mol. The molecule has 7 heteroatoms. The topological polar surface area (TPSA) is 88.7 Å². The minimum absolute atomic E-state index is 0.244. The van der Waals surface area contributed by atoms with E-state index in [0.29, 0.717) is 30.8 Å². The highest BCUT2D eigenvalue weighted by Crippen LogP contribution is 2.15. The van der Waals surface area contributed by atoms with Gasteiger partial charge in [0.1, 0.15) is 17.5 Å². The first-order valence-corrected chi connectivity index (χ1v) is 10.7. The molecule has 0 aliphatic rings. The maximum Gasteiger partial charge on any atom is 0.252 e. The van der Waals surface area contributed by atoms with Crippen LogP contribution in [-0.2, 0) is 11.2 Å². The molecule has 3 aromatic carbocycles. The Morgan fingerprint density at radius 2 is 1.55 bits per heavy atom. The second-order valence-electron chi connectivity index (χ2n) is 7.39. The number of carbonyl (C=O) groups excluding carboxylic acids is 2. The van der Waals surface area contributed by atoms with Crippen molar-refractivity contribution in [3.05, 3.63) is 90.0 Å². The maximum atomic E-state index is 12.9. The molecule has 7 nitrogen and oxygen atoms in total. The Labute approximate surface area is 194 Å². The first-order chi connectivity index (χ1) is 16.1. The number of ether oxygens (including phenoxy) is 2. The lowest BCUT2D eigenvalue weighted by Gasteiger charge is -2.19. The molecule has 0 aliphatic heterocycles. The van der Waals surface area contributed by atoms with Crippen LogP contribution in [0.25, 0.3) is 0 Å². The maximum absolute atomic E-state index is 12.9. The van der Waals surface area contributed by atoms with Gasteiger partial charge in [0.15, 0.2) is 0 Å². The number of carbonyl (C=O) groups is 2. The third kappa shape index (κ3) is 7.28. The fourth-order valence-electron chi connectivity index (χ4n) is 3.29. The summed E-state index contributed by atoms with van der Waals surface area (Å²) in [6, 6.07) is 23.3. The van der Waals surface area contributed by atoms with E-state index in [1.807, 2.05) is 54.6 Å². The van der Waals surface area contributed by atoms with E-state index in [1.54, 1.807) is 38.5 Å². The van der Waals surface area contributed by atoms with E-state index in [2.05, 4.69) is 16.0 Å². The summed E-state index contributed by atoms with van der Waals surface area (Å²) in [4.78, 5) is 25.8. The van der Waals surface area contributed by atoms with Gasteiger partial charge in [-0.25, -0.2) is 0 Å². The van der Waals surface area contributed by atoms with Crippen LogP contribution in [0, 0.1) is 0 Å². The van der Waals surface area contributed by atoms with Gasteiger partial charge in [-0.1, -0.05) is 36.4 Å². The molecule has 3 rings (SSSR count). The molecular weight excluding hydrogens is 418 g/mol. The third-order valence-electron chi connectivity index (χ3n) is 5.08. The van der Waals surface area contributed by atoms with Crippen molar-refractivity contribution in [2.24, 2.45) is 0 Å². The Kier molecular flexibility index (Phi) is 8.71. The summed E-state index contributed by atoms with van der Waals surface area (Å²) >= 11 is 0. The van der Waals surface area contributed by atoms with Crippen molar-refractivity contribution < 1.29 is 19.1 Å². The zero-order chi connectivity index (χ0) is 23.5. The first-order valence-electron chi connectivity index (χ1n) is 10.7. The number of amides is 2. The van der Waals surface area contributed by atoms with Gasteiger partial charge in [0, 0.05) is 30.8 Å². The quantitative estimate of drug-likeness (QED) is 0.393. The van der Waals surface area contributed by atoms with Crippen molar-refractivity contribution in [3.8, 4) is 11.5 Å². The lowest BCUT2D eigenvalue weighted by Crippen LogP contribution is -2.48. The summed E-state index contributed by atoms with van der Waals surface area (Å²) in [7, 11) is 3.17. The second kappa shape index (κ2) is 12.1. The van der Waals surface area contributed by atoms with Gasteiger partial charge >= 0.3 is 0 Å². The molecule has 172 valence electrons. The van der Waals surface area contributed by atoms with E-state index in [4.69, 9.17) is 9.47 Å². The monoisotopic (exact) mass is 447 g/mol. The van der Waals surface area contributed by atoms with Gasteiger partial charge in [-0.15, -0.1) is 0 Å². The largest absolute Gasteiger partial charge is 0.497 e. The predicted octanol–water partition coefficient (Wildman–Crippen LogP) is 3.27. The van der Waals surface area contributed by atoms with Crippen molar-refractivity contribution in [1.29, 1.82) is 0 Å². The molecule has 3 N–H and O–H groups in total. The van der Waals surface area contributed by atoms with Crippen LogP contribution in [0.3, 0.4) is 0 Å². The average molecular weight is 448 g/mol. The van der Waals surface area contributed by atoms with Crippen LogP contribution in [0.1, 0.15) is 15.9 Å². The van der Waals surface area contributed by atoms with Crippen molar-refractivity contribution in [2.75, 3.05) is 32.6 Å². The van der Waals surface area contributed by atoms with E-state index in [9.17, 15) is 9.59 Å². The fourth-order valence-corrected chi connectivity index (χ4v) is 3.29. The Bertz CT molecular complexity index is 1040. The highest BCUT2D eigenvalue weighted by Gasteiger charge is 2.22. The van der Waals surface area contributed by atoms with Crippen LogP contribution in [0.15, 0.2) is 78.9 Å².